The first kappa shape index (κ1) is 9.71. The van der Waals surface area contributed by atoms with Crippen LogP contribution in [0, 0.1) is 6.20 Å². The van der Waals surface area contributed by atoms with E-state index in [4.69, 9.17) is 0 Å². The van der Waals surface area contributed by atoms with Crippen molar-refractivity contribution in [1.82, 2.24) is 4.98 Å². The number of rotatable bonds is 2. The Hall–Kier alpha value is -1.83. The molecular formula is C13H13N2. The van der Waals surface area contributed by atoms with Crippen molar-refractivity contribution in [3.63, 3.8) is 0 Å². The van der Waals surface area contributed by atoms with E-state index in [1.54, 1.807) is 6.20 Å². The Morgan fingerprint density at radius 3 is 2.27 bits per heavy atom. The van der Waals surface area contributed by atoms with Crippen LogP contribution < -0.4 is 4.90 Å². The number of benzene rings is 1. The Kier molecular flexibility index (Phi) is 2.68. The average Bonchev–Trinajstić information content (AvgIpc) is 2.30. The lowest BCUT2D eigenvalue weighted by atomic mass is 10.1. The molecule has 15 heavy (non-hydrogen) atoms. The van der Waals surface area contributed by atoms with Gasteiger partial charge in [0, 0.05) is 26.0 Å². The molecule has 1 aromatic heterocycles. The number of hydrogen-bond donors (Lipinski definition) is 0. The van der Waals surface area contributed by atoms with Gasteiger partial charge < -0.3 is 4.90 Å². The van der Waals surface area contributed by atoms with E-state index in [0.29, 0.717) is 0 Å². The molecule has 0 aliphatic heterocycles. The first-order chi connectivity index (χ1) is 7.27. The first-order valence-corrected chi connectivity index (χ1v) is 4.87. The molecule has 2 heteroatoms. The highest BCUT2D eigenvalue weighted by Crippen LogP contribution is 2.21. The van der Waals surface area contributed by atoms with Crippen molar-refractivity contribution in [1.29, 1.82) is 0 Å². The van der Waals surface area contributed by atoms with E-state index >= 15 is 0 Å². The van der Waals surface area contributed by atoms with Crippen molar-refractivity contribution in [3.05, 3.63) is 48.8 Å². The zero-order valence-electron chi connectivity index (χ0n) is 8.94. The molecule has 0 saturated carbocycles. The fraction of sp³-hybridized carbons (Fsp3) is 0.154. The van der Waals surface area contributed by atoms with Gasteiger partial charge in [0.1, 0.15) is 0 Å². The van der Waals surface area contributed by atoms with Crippen LogP contribution in [-0.2, 0) is 0 Å². The Labute approximate surface area is 90.2 Å². The van der Waals surface area contributed by atoms with E-state index in [1.165, 1.54) is 11.3 Å². The molecule has 1 heterocycles. The predicted octanol–water partition coefficient (Wildman–Crippen LogP) is 2.61. The van der Waals surface area contributed by atoms with Crippen LogP contribution in [0.15, 0.2) is 42.6 Å². The third kappa shape index (κ3) is 2.15. The summed E-state index contributed by atoms with van der Waals surface area (Å²) in [5.41, 5.74) is 3.55. The van der Waals surface area contributed by atoms with Crippen LogP contribution >= 0.6 is 0 Å². The Morgan fingerprint density at radius 2 is 1.73 bits per heavy atom. The first-order valence-electron chi connectivity index (χ1n) is 4.87. The lowest BCUT2D eigenvalue weighted by molar-refractivity contribution is 1.13. The largest absolute Gasteiger partial charge is 0.378 e. The molecule has 0 bridgehead atoms. The molecule has 0 spiro atoms. The normalized spacial score (nSPS) is 10.0. The molecule has 0 atom stereocenters. The average molecular weight is 197 g/mol. The van der Waals surface area contributed by atoms with E-state index in [1.807, 2.05) is 26.2 Å². The third-order valence-corrected chi connectivity index (χ3v) is 2.34. The molecule has 0 aliphatic rings. The highest BCUT2D eigenvalue weighted by Gasteiger charge is 1.98. The van der Waals surface area contributed by atoms with Crippen LogP contribution in [0.5, 0.6) is 0 Å². The Bertz CT molecular complexity index is 418. The summed E-state index contributed by atoms with van der Waals surface area (Å²) in [6.07, 6.45) is 4.60. The fourth-order valence-electron chi connectivity index (χ4n) is 1.45. The molecule has 1 radical (unpaired) electrons. The molecule has 75 valence electrons. The maximum absolute atomic E-state index is 3.88. The third-order valence-electron chi connectivity index (χ3n) is 2.34. The SMILES string of the molecule is CN(C)c1ccc(-c2c[c]ncc2)cc1. The molecule has 2 aromatic rings. The molecule has 0 N–H and O–H groups in total. The monoisotopic (exact) mass is 197 g/mol. The minimum Gasteiger partial charge on any atom is -0.378 e. The molecule has 0 amide bonds. The number of hydrogen-bond acceptors (Lipinski definition) is 2. The molecule has 2 rings (SSSR count). The summed E-state index contributed by atoms with van der Waals surface area (Å²) < 4.78 is 0. The van der Waals surface area contributed by atoms with Crippen LogP contribution in [0.4, 0.5) is 5.69 Å². The van der Waals surface area contributed by atoms with Gasteiger partial charge in [-0.15, -0.1) is 0 Å². The minimum atomic E-state index is 1.15. The number of anilines is 1. The molecule has 1 aromatic carbocycles. The van der Waals surface area contributed by atoms with E-state index in [2.05, 4.69) is 40.3 Å². The van der Waals surface area contributed by atoms with Gasteiger partial charge in [0.2, 0.25) is 0 Å². The van der Waals surface area contributed by atoms with Gasteiger partial charge >= 0.3 is 0 Å². The van der Waals surface area contributed by atoms with Gasteiger partial charge in [-0.3, -0.25) is 4.98 Å². The van der Waals surface area contributed by atoms with Crippen LogP contribution in [0.1, 0.15) is 0 Å². The molecule has 0 saturated heterocycles. The second kappa shape index (κ2) is 4.13. The zero-order chi connectivity index (χ0) is 10.7. The number of pyridine rings is 1. The minimum absolute atomic E-state index is 1.15. The molecule has 0 aliphatic carbocycles. The van der Waals surface area contributed by atoms with Crippen molar-refractivity contribution in [2.24, 2.45) is 0 Å². The summed E-state index contributed by atoms with van der Waals surface area (Å²) in [6, 6.07) is 12.3. The standard InChI is InChI=1S/C13H13N2/c1-15(2)13-5-3-11(4-6-13)12-7-9-14-10-8-12/h3-9H,1-2H3. The summed E-state index contributed by atoms with van der Waals surface area (Å²) in [7, 11) is 4.07. The Balaban J connectivity index is 2.32. The van der Waals surface area contributed by atoms with Crippen molar-refractivity contribution in [2.75, 3.05) is 19.0 Å². The highest BCUT2D eigenvalue weighted by molar-refractivity contribution is 5.65. The smallest absolute Gasteiger partial charge is 0.0892 e. The van der Waals surface area contributed by atoms with Crippen LogP contribution in [-0.4, -0.2) is 19.1 Å². The van der Waals surface area contributed by atoms with Gasteiger partial charge in [0.15, 0.2) is 0 Å². The maximum atomic E-state index is 3.88. The topological polar surface area (TPSA) is 16.1 Å². The summed E-state index contributed by atoms with van der Waals surface area (Å²) in [5.74, 6) is 0. The lowest BCUT2D eigenvalue weighted by Crippen LogP contribution is -2.07. The predicted molar refractivity (Wildman–Crippen MR) is 62.8 cm³/mol. The summed E-state index contributed by atoms with van der Waals surface area (Å²) in [6.45, 7) is 0. The van der Waals surface area contributed by atoms with Gasteiger partial charge in [-0.25, -0.2) is 0 Å². The van der Waals surface area contributed by atoms with E-state index in [-0.39, 0.29) is 0 Å². The van der Waals surface area contributed by atoms with Crippen LogP contribution in [0.3, 0.4) is 0 Å². The van der Waals surface area contributed by atoms with E-state index in [9.17, 15) is 0 Å². The van der Waals surface area contributed by atoms with E-state index in [0.717, 1.165) is 5.56 Å². The van der Waals surface area contributed by atoms with Gasteiger partial charge in [0.05, 0.1) is 6.20 Å². The second-order valence-electron chi connectivity index (χ2n) is 3.61. The van der Waals surface area contributed by atoms with Gasteiger partial charge in [0.25, 0.3) is 0 Å². The fourth-order valence-corrected chi connectivity index (χ4v) is 1.45. The molecule has 0 fully saturated rings. The summed E-state index contributed by atoms with van der Waals surface area (Å²) in [5, 5.41) is 0. The second-order valence-corrected chi connectivity index (χ2v) is 3.61. The van der Waals surface area contributed by atoms with Gasteiger partial charge in [-0.2, -0.15) is 0 Å². The van der Waals surface area contributed by atoms with E-state index < -0.39 is 0 Å². The van der Waals surface area contributed by atoms with Crippen molar-refractivity contribution in [3.8, 4) is 11.1 Å². The zero-order valence-corrected chi connectivity index (χ0v) is 8.94. The molecule has 0 unspecified atom stereocenters. The molecular weight excluding hydrogens is 184 g/mol. The summed E-state index contributed by atoms with van der Waals surface area (Å²) >= 11 is 0. The van der Waals surface area contributed by atoms with Gasteiger partial charge in [-0.05, 0) is 35.4 Å². The number of aromatic nitrogens is 1. The lowest BCUT2D eigenvalue weighted by Gasteiger charge is -2.12. The Morgan fingerprint density at radius 1 is 1.00 bits per heavy atom. The molecule has 2 nitrogen and oxygen atoms in total. The maximum Gasteiger partial charge on any atom is 0.0892 e. The number of nitrogens with zero attached hydrogens (tertiary/aromatic N) is 2. The van der Waals surface area contributed by atoms with Crippen molar-refractivity contribution in [2.45, 2.75) is 0 Å². The van der Waals surface area contributed by atoms with Crippen LogP contribution in [0.2, 0.25) is 0 Å². The summed E-state index contributed by atoms with van der Waals surface area (Å²) in [4.78, 5) is 5.97. The quantitative estimate of drug-likeness (QED) is 0.735. The van der Waals surface area contributed by atoms with Crippen LogP contribution in [0.25, 0.3) is 11.1 Å². The van der Waals surface area contributed by atoms with Crippen molar-refractivity contribution < 1.29 is 0 Å². The highest BCUT2D eigenvalue weighted by atomic mass is 15.1. The van der Waals surface area contributed by atoms with Crippen molar-refractivity contribution >= 4 is 5.69 Å². The van der Waals surface area contributed by atoms with Gasteiger partial charge in [-0.1, -0.05) is 12.1 Å².